The first-order chi connectivity index (χ1) is 7.34. The quantitative estimate of drug-likeness (QED) is 0.545. The maximum Gasteiger partial charge on any atom is 0.0545 e. The summed E-state index contributed by atoms with van der Waals surface area (Å²) < 4.78 is 0. The standard InChI is InChI=1S/C12H22N2S/c1-3-9-15-10-7-13-11-12-6-4-5-8-14(12)2/h1,12-13H,4-11H2,2H3. The molecule has 0 aromatic rings. The van der Waals surface area contributed by atoms with Crippen molar-refractivity contribution in [3.63, 3.8) is 0 Å². The molecule has 1 atom stereocenters. The van der Waals surface area contributed by atoms with Crippen LogP contribution in [-0.2, 0) is 0 Å². The lowest BCUT2D eigenvalue weighted by Crippen LogP contribution is -2.43. The van der Waals surface area contributed by atoms with E-state index in [-0.39, 0.29) is 0 Å². The van der Waals surface area contributed by atoms with Crippen LogP contribution in [0.2, 0.25) is 0 Å². The fraction of sp³-hybridized carbons (Fsp3) is 0.833. The summed E-state index contributed by atoms with van der Waals surface area (Å²) in [5.74, 6) is 4.61. The highest BCUT2D eigenvalue weighted by Gasteiger charge is 2.17. The van der Waals surface area contributed by atoms with Crippen molar-refractivity contribution in [2.24, 2.45) is 0 Å². The minimum atomic E-state index is 0.747. The molecule has 1 aliphatic rings. The van der Waals surface area contributed by atoms with Crippen LogP contribution in [0.4, 0.5) is 0 Å². The van der Waals surface area contributed by atoms with Gasteiger partial charge >= 0.3 is 0 Å². The van der Waals surface area contributed by atoms with Gasteiger partial charge in [0.25, 0.3) is 0 Å². The van der Waals surface area contributed by atoms with Gasteiger partial charge in [0.05, 0.1) is 5.75 Å². The van der Waals surface area contributed by atoms with Gasteiger partial charge in [0.15, 0.2) is 0 Å². The summed E-state index contributed by atoms with van der Waals surface area (Å²) in [6.45, 7) is 3.47. The third kappa shape index (κ3) is 5.46. The molecule has 0 bridgehead atoms. The van der Waals surface area contributed by atoms with Crippen molar-refractivity contribution < 1.29 is 0 Å². The number of piperidine rings is 1. The molecule has 1 saturated heterocycles. The molecular weight excluding hydrogens is 204 g/mol. The van der Waals surface area contributed by atoms with Crippen LogP contribution < -0.4 is 5.32 Å². The Kier molecular flexibility index (Phi) is 6.91. The van der Waals surface area contributed by atoms with Crippen LogP contribution in [0.3, 0.4) is 0 Å². The molecule has 1 rings (SSSR count). The number of rotatable bonds is 6. The lowest BCUT2D eigenvalue weighted by Gasteiger charge is -2.32. The molecule has 0 spiro atoms. The highest BCUT2D eigenvalue weighted by molar-refractivity contribution is 7.99. The Balaban J connectivity index is 1.97. The Labute approximate surface area is 98.2 Å². The molecule has 0 radical (unpaired) electrons. The molecule has 3 heteroatoms. The molecule has 1 fully saturated rings. The Hall–Kier alpha value is -0.170. The second kappa shape index (κ2) is 8.04. The van der Waals surface area contributed by atoms with E-state index in [1.165, 1.54) is 25.8 Å². The second-order valence-electron chi connectivity index (χ2n) is 4.09. The van der Waals surface area contributed by atoms with Crippen molar-refractivity contribution in [2.75, 3.05) is 38.2 Å². The first-order valence-electron chi connectivity index (χ1n) is 5.76. The minimum absolute atomic E-state index is 0.747. The van der Waals surface area contributed by atoms with Crippen LogP contribution >= 0.6 is 11.8 Å². The SMILES string of the molecule is C#CCSCCNCC1CCCCN1C. The van der Waals surface area contributed by atoms with Crippen LogP contribution in [-0.4, -0.2) is 49.1 Å². The molecular formula is C12H22N2S. The number of nitrogens with one attached hydrogen (secondary N) is 1. The molecule has 0 aromatic carbocycles. The topological polar surface area (TPSA) is 15.3 Å². The number of hydrogen-bond acceptors (Lipinski definition) is 3. The number of nitrogens with zero attached hydrogens (tertiary/aromatic N) is 1. The summed E-state index contributed by atoms with van der Waals surface area (Å²) in [5, 5.41) is 3.51. The van der Waals surface area contributed by atoms with Gasteiger partial charge in [-0.15, -0.1) is 18.2 Å². The van der Waals surface area contributed by atoms with Gasteiger partial charge in [-0.05, 0) is 26.4 Å². The average molecular weight is 226 g/mol. The lowest BCUT2D eigenvalue weighted by atomic mass is 10.0. The summed E-state index contributed by atoms with van der Waals surface area (Å²) in [7, 11) is 2.23. The summed E-state index contributed by atoms with van der Waals surface area (Å²) in [6, 6.07) is 0.747. The molecule has 1 N–H and O–H groups in total. The van der Waals surface area contributed by atoms with Crippen LogP contribution in [0.25, 0.3) is 0 Å². The van der Waals surface area contributed by atoms with Crippen molar-refractivity contribution in [1.82, 2.24) is 10.2 Å². The van der Waals surface area contributed by atoms with E-state index in [9.17, 15) is 0 Å². The van der Waals surface area contributed by atoms with E-state index in [1.807, 2.05) is 11.8 Å². The van der Waals surface area contributed by atoms with Gasteiger partial charge in [0.1, 0.15) is 0 Å². The second-order valence-corrected chi connectivity index (χ2v) is 5.20. The van der Waals surface area contributed by atoms with Crippen LogP contribution in [0.5, 0.6) is 0 Å². The highest BCUT2D eigenvalue weighted by atomic mass is 32.2. The van der Waals surface area contributed by atoms with Gasteiger partial charge in [-0.2, -0.15) is 0 Å². The zero-order valence-electron chi connectivity index (χ0n) is 9.67. The van der Waals surface area contributed by atoms with Crippen molar-refractivity contribution in [3.8, 4) is 12.3 Å². The monoisotopic (exact) mass is 226 g/mol. The van der Waals surface area contributed by atoms with E-state index in [1.54, 1.807) is 0 Å². The summed E-state index contributed by atoms with van der Waals surface area (Å²) in [6.07, 6.45) is 9.29. The largest absolute Gasteiger partial charge is 0.314 e. The Bertz CT molecular complexity index is 200. The third-order valence-electron chi connectivity index (χ3n) is 2.91. The smallest absolute Gasteiger partial charge is 0.0545 e. The molecule has 0 amide bonds. The first-order valence-corrected chi connectivity index (χ1v) is 6.92. The molecule has 0 aromatic heterocycles. The number of thioether (sulfide) groups is 1. The highest BCUT2D eigenvalue weighted by Crippen LogP contribution is 2.13. The van der Waals surface area contributed by atoms with Crippen molar-refractivity contribution in [1.29, 1.82) is 0 Å². The summed E-state index contributed by atoms with van der Waals surface area (Å²) in [4.78, 5) is 2.48. The fourth-order valence-corrected chi connectivity index (χ4v) is 2.50. The maximum absolute atomic E-state index is 5.18. The molecule has 1 heterocycles. The molecule has 2 nitrogen and oxygen atoms in total. The van der Waals surface area contributed by atoms with Gasteiger partial charge < -0.3 is 10.2 Å². The predicted octanol–water partition coefficient (Wildman–Crippen LogP) is 1.43. The van der Waals surface area contributed by atoms with Crippen LogP contribution in [0, 0.1) is 12.3 Å². The van der Waals surface area contributed by atoms with Gasteiger partial charge in [0, 0.05) is 24.9 Å². The number of terminal acetylenes is 1. The van der Waals surface area contributed by atoms with Crippen LogP contribution in [0.1, 0.15) is 19.3 Å². The molecule has 15 heavy (non-hydrogen) atoms. The fourth-order valence-electron chi connectivity index (χ4n) is 1.95. The van der Waals surface area contributed by atoms with Gasteiger partial charge in [-0.3, -0.25) is 0 Å². The van der Waals surface area contributed by atoms with Crippen molar-refractivity contribution in [2.45, 2.75) is 25.3 Å². The zero-order valence-corrected chi connectivity index (χ0v) is 10.5. The van der Waals surface area contributed by atoms with Gasteiger partial charge in [0.2, 0.25) is 0 Å². The predicted molar refractivity (Wildman–Crippen MR) is 69.3 cm³/mol. The van der Waals surface area contributed by atoms with E-state index in [4.69, 9.17) is 6.42 Å². The molecule has 1 unspecified atom stereocenters. The number of hydrogen-bond donors (Lipinski definition) is 1. The van der Waals surface area contributed by atoms with E-state index in [2.05, 4.69) is 23.2 Å². The lowest BCUT2D eigenvalue weighted by molar-refractivity contribution is 0.182. The van der Waals surface area contributed by atoms with Crippen molar-refractivity contribution in [3.05, 3.63) is 0 Å². The van der Waals surface area contributed by atoms with Crippen molar-refractivity contribution >= 4 is 11.8 Å². The summed E-state index contributed by atoms with van der Waals surface area (Å²) >= 11 is 1.83. The van der Waals surface area contributed by atoms with Gasteiger partial charge in [-0.1, -0.05) is 12.3 Å². The molecule has 0 saturated carbocycles. The molecule has 1 aliphatic heterocycles. The van der Waals surface area contributed by atoms with E-state index >= 15 is 0 Å². The Morgan fingerprint density at radius 2 is 2.40 bits per heavy atom. The third-order valence-corrected chi connectivity index (χ3v) is 3.77. The maximum atomic E-state index is 5.18. The number of likely N-dealkylation sites (tertiary alicyclic amines) is 1. The minimum Gasteiger partial charge on any atom is -0.314 e. The van der Waals surface area contributed by atoms with E-state index in [0.29, 0.717) is 0 Å². The van der Waals surface area contributed by atoms with E-state index in [0.717, 1.165) is 30.6 Å². The average Bonchev–Trinajstić information content (AvgIpc) is 2.25. The summed E-state index contributed by atoms with van der Waals surface area (Å²) in [5.41, 5.74) is 0. The van der Waals surface area contributed by atoms with Crippen LogP contribution in [0.15, 0.2) is 0 Å². The Morgan fingerprint density at radius 1 is 1.53 bits per heavy atom. The molecule has 86 valence electrons. The first kappa shape index (κ1) is 12.9. The van der Waals surface area contributed by atoms with E-state index < -0.39 is 0 Å². The zero-order chi connectivity index (χ0) is 10.9. The van der Waals surface area contributed by atoms with Gasteiger partial charge in [-0.25, -0.2) is 0 Å². The number of likely N-dealkylation sites (N-methyl/N-ethyl adjacent to an activating group) is 1. The Morgan fingerprint density at radius 3 is 3.13 bits per heavy atom. The molecule has 0 aliphatic carbocycles. The normalized spacial score (nSPS) is 22.5.